The molecule has 3 amide bonds. The van der Waals surface area contributed by atoms with Gasteiger partial charge in [-0.05, 0) is 80.0 Å². The van der Waals surface area contributed by atoms with Crippen LogP contribution in [0.3, 0.4) is 0 Å². The molecule has 3 aliphatic heterocycles. The lowest BCUT2D eigenvalue weighted by molar-refractivity contribution is -0.116. The molecule has 0 spiro atoms. The normalized spacial score (nSPS) is 19.9. The number of urea groups is 1. The molecule has 10 nitrogen and oxygen atoms in total. The van der Waals surface area contributed by atoms with E-state index in [-0.39, 0.29) is 11.9 Å². The van der Waals surface area contributed by atoms with Crippen molar-refractivity contribution < 1.29 is 14.3 Å². The molecule has 3 aliphatic rings. The van der Waals surface area contributed by atoms with Gasteiger partial charge in [0.05, 0.1) is 17.3 Å². The van der Waals surface area contributed by atoms with E-state index in [1.165, 1.54) is 28.6 Å². The maximum absolute atomic E-state index is 13.5. The molecule has 2 atom stereocenters. The topological polar surface area (TPSA) is 126 Å². The molecule has 2 unspecified atom stereocenters. The Morgan fingerprint density at radius 1 is 0.977 bits per heavy atom. The van der Waals surface area contributed by atoms with Gasteiger partial charge in [-0.1, -0.05) is 42.1 Å². The summed E-state index contributed by atoms with van der Waals surface area (Å²) in [5.74, 6) is 1.65. The summed E-state index contributed by atoms with van der Waals surface area (Å²) in [6.07, 6.45) is 3.48. The van der Waals surface area contributed by atoms with Crippen LogP contribution in [0.4, 0.5) is 22.0 Å². The number of nitrogens with one attached hydrogen (secondary N) is 2. The summed E-state index contributed by atoms with van der Waals surface area (Å²) >= 11 is 1.34. The molecule has 218 valence electrons. The lowest BCUT2D eigenvalue weighted by Gasteiger charge is -2.33. The quantitative estimate of drug-likeness (QED) is 0.250. The van der Waals surface area contributed by atoms with E-state index in [2.05, 4.69) is 25.5 Å². The number of carbonyl (C=O) groups is 2. The minimum absolute atomic E-state index is 0.201. The van der Waals surface area contributed by atoms with Crippen LogP contribution in [0.25, 0.3) is 0 Å². The average molecular weight is 594 g/mol. The fourth-order valence-electron chi connectivity index (χ4n) is 5.70. The van der Waals surface area contributed by atoms with Crippen molar-refractivity contribution in [1.29, 1.82) is 0 Å². The van der Waals surface area contributed by atoms with Gasteiger partial charge in [0.2, 0.25) is 5.91 Å². The first-order chi connectivity index (χ1) is 21.0. The van der Waals surface area contributed by atoms with E-state index >= 15 is 0 Å². The van der Waals surface area contributed by atoms with Gasteiger partial charge in [0.1, 0.15) is 28.1 Å². The van der Waals surface area contributed by atoms with Crippen LogP contribution < -0.4 is 26.0 Å². The molecule has 0 aliphatic carbocycles. The number of para-hydroxylation sites is 1. The smallest absolute Gasteiger partial charge is 0.328 e. The summed E-state index contributed by atoms with van der Waals surface area (Å²) in [4.78, 5) is 39.8. The Hall–Kier alpha value is -4.45. The lowest BCUT2D eigenvalue weighted by Crippen LogP contribution is -2.48. The third kappa shape index (κ3) is 5.66. The van der Waals surface area contributed by atoms with Crippen molar-refractivity contribution in [3.63, 3.8) is 0 Å². The molecular weight excluding hydrogens is 562 g/mol. The van der Waals surface area contributed by atoms with Gasteiger partial charge in [0, 0.05) is 18.3 Å². The average Bonchev–Trinajstić information content (AvgIpc) is 3.40. The van der Waals surface area contributed by atoms with E-state index in [9.17, 15) is 9.59 Å². The number of nitrogens with two attached hydrogens (primary N) is 1. The number of amides is 3. The molecule has 0 bridgehead atoms. The van der Waals surface area contributed by atoms with Gasteiger partial charge in [0.25, 0.3) is 0 Å². The van der Waals surface area contributed by atoms with E-state index < -0.39 is 11.3 Å². The molecule has 4 N–H and O–H groups in total. The number of hydrogen-bond acceptors (Lipinski definition) is 8. The Balaban J connectivity index is 1.04. The number of aromatic nitrogens is 2. The lowest BCUT2D eigenvalue weighted by atomic mass is 10.0. The van der Waals surface area contributed by atoms with Gasteiger partial charge in [-0.25, -0.2) is 19.7 Å². The van der Waals surface area contributed by atoms with Crippen LogP contribution in [0.2, 0.25) is 0 Å². The Morgan fingerprint density at radius 3 is 2.44 bits per heavy atom. The van der Waals surface area contributed by atoms with Crippen molar-refractivity contribution in [2.75, 3.05) is 23.3 Å². The van der Waals surface area contributed by atoms with Crippen molar-refractivity contribution in [3.05, 3.63) is 96.3 Å². The molecule has 4 aromatic rings. The second-order valence-electron chi connectivity index (χ2n) is 10.9. The van der Waals surface area contributed by atoms with E-state index in [0.717, 1.165) is 43.8 Å². The van der Waals surface area contributed by atoms with Crippen LogP contribution >= 0.6 is 11.8 Å². The third-order valence-electron chi connectivity index (χ3n) is 7.96. The molecular formula is C32H31N7O3S. The zero-order chi connectivity index (χ0) is 29.3. The van der Waals surface area contributed by atoms with E-state index in [4.69, 9.17) is 10.5 Å². The standard InChI is InChI=1S/C32H31N7O3S/c33-21-14-16-38(17-15-21)18-20-6-8-22(9-7-20)36-30(40)28-27-26-29(34-19-35-31(26)43-28)39(32(41)37-27)23-10-12-25(13-11-23)42-24-4-2-1-3-5-24/h1-13,19,21,27-28H,14-18,33H2,(H,36,40)(H,37,41). The highest BCUT2D eigenvalue weighted by Crippen LogP contribution is 2.50. The summed E-state index contributed by atoms with van der Waals surface area (Å²) in [5, 5.41) is 6.16. The zero-order valence-corrected chi connectivity index (χ0v) is 24.2. The van der Waals surface area contributed by atoms with Crippen LogP contribution in [0, 0.1) is 0 Å². The highest BCUT2D eigenvalue weighted by Gasteiger charge is 2.47. The summed E-state index contributed by atoms with van der Waals surface area (Å²) < 4.78 is 5.90. The predicted octanol–water partition coefficient (Wildman–Crippen LogP) is 5.21. The van der Waals surface area contributed by atoms with E-state index in [1.54, 1.807) is 12.1 Å². The van der Waals surface area contributed by atoms with Gasteiger partial charge in [-0.2, -0.15) is 0 Å². The van der Waals surface area contributed by atoms with Crippen molar-refractivity contribution in [2.45, 2.75) is 41.7 Å². The molecule has 11 heteroatoms. The zero-order valence-electron chi connectivity index (χ0n) is 23.3. The van der Waals surface area contributed by atoms with Crippen LogP contribution in [0.15, 0.2) is 90.2 Å². The highest BCUT2D eigenvalue weighted by molar-refractivity contribution is 8.01. The molecule has 7 rings (SSSR count). The second-order valence-corrected chi connectivity index (χ2v) is 12.1. The first-order valence-electron chi connectivity index (χ1n) is 14.3. The Morgan fingerprint density at radius 2 is 1.70 bits per heavy atom. The van der Waals surface area contributed by atoms with Crippen LogP contribution in [-0.2, 0) is 11.3 Å². The van der Waals surface area contributed by atoms with Gasteiger partial charge >= 0.3 is 6.03 Å². The molecule has 1 saturated heterocycles. The van der Waals surface area contributed by atoms with Gasteiger partial charge in [-0.15, -0.1) is 0 Å². The van der Waals surface area contributed by atoms with Crippen molar-refractivity contribution in [3.8, 4) is 11.5 Å². The maximum atomic E-state index is 13.5. The first-order valence-corrected chi connectivity index (χ1v) is 15.2. The number of rotatable bonds is 7. The van der Waals surface area contributed by atoms with Crippen molar-refractivity contribution in [1.82, 2.24) is 20.2 Å². The summed E-state index contributed by atoms with van der Waals surface area (Å²) in [6, 6.07) is 24.1. The van der Waals surface area contributed by atoms with Gasteiger partial charge < -0.3 is 21.1 Å². The molecule has 0 radical (unpaired) electrons. The van der Waals surface area contributed by atoms with Gasteiger partial charge in [-0.3, -0.25) is 9.69 Å². The summed E-state index contributed by atoms with van der Waals surface area (Å²) in [7, 11) is 0. The number of piperidine rings is 1. The second kappa shape index (κ2) is 11.7. The molecule has 1 aromatic heterocycles. The third-order valence-corrected chi connectivity index (χ3v) is 9.25. The number of ether oxygens (including phenoxy) is 1. The Bertz CT molecular complexity index is 1630. The van der Waals surface area contributed by atoms with Gasteiger partial charge in [0.15, 0.2) is 5.82 Å². The maximum Gasteiger partial charge on any atom is 0.328 e. The largest absolute Gasteiger partial charge is 0.457 e. The number of likely N-dealkylation sites (tertiary alicyclic amines) is 1. The molecule has 0 saturated carbocycles. The number of nitrogens with zero attached hydrogens (tertiary/aromatic N) is 4. The molecule has 3 aromatic carbocycles. The Labute approximate surface area is 253 Å². The minimum Gasteiger partial charge on any atom is -0.457 e. The molecule has 43 heavy (non-hydrogen) atoms. The van der Waals surface area contributed by atoms with E-state index in [1.807, 2.05) is 66.7 Å². The van der Waals surface area contributed by atoms with Crippen LogP contribution in [-0.4, -0.2) is 51.2 Å². The molecule has 1 fully saturated rings. The van der Waals surface area contributed by atoms with Crippen molar-refractivity contribution in [2.24, 2.45) is 5.73 Å². The Kier molecular flexibility index (Phi) is 7.44. The van der Waals surface area contributed by atoms with Crippen LogP contribution in [0.1, 0.15) is 30.0 Å². The summed E-state index contributed by atoms with van der Waals surface area (Å²) in [5.41, 5.74) is 9.30. The number of carbonyl (C=O) groups excluding carboxylic acids is 2. The monoisotopic (exact) mass is 593 g/mol. The highest BCUT2D eigenvalue weighted by atomic mass is 32.2. The number of hydrogen-bond donors (Lipinski definition) is 3. The number of anilines is 3. The fourth-order valence-corrected chi connectivity index (χ4v) is 6.90. The first kappa shape index (κ1) is 27.4. The fraction of sp³-hybridized carbons (Fsp3) is 0.250. The van der Waals surface area contributed by atoms with Crippen molar-refractivity contribution >= 4 is 40.9 Å². The van der Waals surface area contributed by atoms with E-state index in [0.29, 0.717) is 34.0 Å². The number of benzene rings is 3. The summed E-state index contributed by atoms with van der Waals surface area (Å²) in [6.45, 7) is 2.87. The number of thioether (sulfide) groups is 1. The predicted molar refractivity (Wildman–Crippen MR) is 166 cm³/mol. The SMILES string of the molecule is NC1CCN(Cc2ccc(NC(=O)C3Sc4ncnc5c4C3NC(=O)N5c3ccc(Oc4ccccc4)cc3)cc2)CC1. The minimum atomic E-state index is -0.588. The molecule has 4 heterocycles. The van der Waals surface area contributed by atoms with Crippen LogP contribution in [0.5, 0.6) is 11.5 Å².